The molecular formula is C18H21Cl2N7O. The minimum Gasteiger partial charge on any atom is -0.317 e. The molecule has 0 aliphatic carbocycles. The van der Waals surface area contributed by atoms with E-state index in [0.29, 0.717) is 16.5 Å². The fraction of sp³-hybridized carbons (Fsp3) is 0.333. The van der Waals surface area contributed by atoms with E-state index in [-0.39, 0.29) is 24.4 Å². The van der Waals surface area contributed by atoms with Gasteiger partial charge in [-0.05, 0) is 51.1 Å². The second-order valence-electron chi connectivity index (χ2n) is 6.51. The highest BCUT2D eigenvalue weighted by Gasteiger charge is 2.23. The number of nitrogens with zero attached hydrogens (tertiary/aromatic N) is 5. The molecule has 2 N–H and O–H groups in total. The van der Waals surface area contributed by atoms with Gasteiger partial charge in [0, 0.05) is 11.1 Å². The molecular weight excluding hydrogens is 401 g/mol. The van der Waals surface area contributed by atoms with E-state index in [1.807, 2.05) is 23.7 Å². The van der Waals surface area contributed by atoms with Crippen molar-refractivity contribution in [2.45, 2.75) is 25.8 Å². The van der Waals surface area contributed by atoms with Crippen LogP contribution in [0.1, 0.15) is 35.1 Å². The van der Waals surface area contributed by atoms with Gasteiger partial charge in [-0.3, -0.25) is 4.79 Å². The zero-order chi connectivity index (χ0) is 18.8. The largest absolute Gasteiger partial charge is 0.317 e. The molecule has 1 fully saturated rings. The van der Waals surface area contributed by atoms with Gasteiger partial charge in [-0.1, -0.05) is 22.9 Å². The first kappa shape index (κ1) is 20.3. The van der Waals surface area contributed by atoms with Crippen molar-refractivity contribution in [3.05, 3.63) is 52.9 Å². The average molecular weight is 422 g/mol. The molecule has 1 amide bonds. The Labute approximate surface area is 173 Å². The predicted octanol–water partition coefficient (Wildman–Crippen LogP) is 3.02. The zero-order valence-electron chi connectivity index (χ0n) is 15.3. The van der Waals surface area contributed by atoms with E-state index in [2.05, 4.69) is 26.0 Å². The summed E-state index contributed by atoms with van der Waals surface area (Å²) in [7, 11) is 0. The van der Waals surface area contributed by atoms with Gasteiger partial charge in [-0.2, -0.15) is 5.10 Å². The Kier molecular flexibility index (Phi) is 6.33. The van der Waals surface area contributed by atoms with Crippen LogP contribution in [-0.2, 0) is 0 Å². The molecule has 8 nitrogen and oxygen atoms in total. The zero-order valence-corrected chi connectivity index (χ0v) is 16.9. The Bertz CT molecular complexity index is 963. The topological polar surface area (TPSA) is 89.7 Å². The second-order valence-corrected chi connectivity index (χ2v) is 6.95. The predicted molar refractivity (Wildman–Crippen MR) is 110 cm³/mol. The number of halogens is 2. The molecule has 28 heavy (non-hydrogen) atoms. The lowest BCUT2D eigenvalue weighted by Crippen LogP contribution is -2.30. The van der Waals surface area contributed by atoms with Crippen molar-refractivity contribution in [3.63, 3.8) is 0 Å². The van der Waals surface area contributed by atoms with Gasteiger partial charge in [-0.25, -0.2) is 9.36 Å². The number of aromatic nitrogens is 5. The summed E-state index contributed by atoms with van der Waals surface area (Å²) < 4.78 is 3.49. The first-order valence-corrected chi connectivity index (χ1v) is 9.25. The monoisotopic (exact) mass is 421 g/mol. The maximum absolute atomic E-state index is 12.8. The van der Waals surface area contributed by atoms with Gasteiger partial charge in [-0.15, -0.1) is 17.5 Å². The van der Waals surface area contributed by atoms with Crippen LogP contribution in [0.4, 0.5) is 5.82 Å². The number of benzene rings is 1. The lowest BCUT2D eigenvalue weighted by molar-refractivity contribution is 0.102. The number of piperidine rings is 1. The summed E-state index contributed by atoms with van der Waals surface area (Å²) in [5.41, 5.74) is 1.86. The number of hydrogen-bond donors (Lipinski definition) is 2. The van der Waals surface area contributed by atoms with Crippen molar-refractivity contribution in [1.82, 2.24) is 30.1 Å². The molecule has 0 spiro atoms. The van der Waals surface area contributed by atoms with Crippen LogP contribution >= 0.6 is 24.0 Å². The van der Waals surface area contributed by atoms with Crippen LogP contribution in [0.2, 0.25) is 5.02 Å². The molecule has 0 bridgehead atoms. The molecule has 10 heteroatoms. The number of carbonyl (C=O) groups excluding carboxylic acids is 1. The van der Waals surface area contributed by atoms with Crippen LogP contribution in [0, 0.1) is 6.92 Å². The Morgan fingerprint density at radius 2 is 2.07 bits per heavy atom. The van der Waals surface area contributed by atoms with Gasteiger partial charge in [0.25, 0.3) is 5.91 Å². The van der Waals surface area contributed by atoms with Crippen molar-refractivity contribution in [2.24, 2.45) is 0 Å². The lowest BCUT2D eigenvalue weighted by atomic mass is 10.1. The second kappa shape index (κ2) is 8.72. The molecule has 0 atom stereocenters. The van der Waals surface area contributed by atoms with Gasteiger partial charge < -0.3 is 10.6 Å². The minimum absolute atomic E-state index is 0. The Morgan fingerprint density at radius 3 is 2.82 bits per heavy atom. The Morgan fingerprint density at radius 1 is 1.29 bits per heavy atom. The minimum atomic E-state index is -0.309. The smallest absolute Gasteiger partial charge is 0.279 e. The summed E-state index contributed by atoms with van der Waals surface area (Å²) in [4.78, 5) is 12.8. The summed E-state index contributed by atoms with van der Waals surface area (Å²) in [5, 5.41) is 19.4. The van der Waals surface area contributed by atoms with E-state index >= 15 is 0 Å². The molecule has 1 saturated heterocycles. The SMILES string of the molecule is Cc1c(C(=O)Nc2ccnn2-c2cccc(Cl)c2)nnn1C1CCNCC1.Cl. The van der Waals surface area contributed by atoms with E-state index < -0.39 is 0 Å². The molecule has 1 aliphatic rings. The van der Waals surface area contributed by atoms with E-state index in [9.17, 15) is 4.79 Å². The molecule has 148 valence electrons. The third kappa shape index (κ3) is 4.04. The van der Waals surface area contributed by atoms with E-state index in [0.717, 1.165) is 37.3 Å². The number of amides is 1. The first-order chi connectivity index (χ1) is 13.1. The van der Waals surface area contributed by atoms with E-state index in [1.54, 1.807) is 29.1 Å². The molecule has 3 heterocycles. The molecule has 0 radical (unpaired) electrons. The van der Waals surface area contributed by atoms with Crippen molar-refractivity contribution in [3.8, 4) is 5.69 Å². The number of anilines is 1. The van der Waals surface area contributed by atoms with Crippen LogP contribution in [0.15, 0.2) is 36.5 Å². The highest BCUT2D eigenvalue weighted by Crippen LogP contribution is 2.22. The summed E-state index contributed by atoms with van der Waals surface area (Å²) in [6.45, 7) is 3.78. The van der Waals surface area contributed by atoms with Gasteiger partial charge in [0.15, 0.2) is 5.69 Å². The fourth-order valence-corrected chi connectivity index (χ4v) is 3.52. The van der Waals surface area contributed by atoms with Gasteiger partial charge in [0.2, 0.25) is 0 Å². The number of rotatable bonds is 4. The third-order valence-electron chi connectivity index (χ3n) is 4.73. The number of hydrogen-bond acceptors (Lipinski definition) is 5. The van der Waals surface area contributed by atoms with Crippen LogP contribution < -0.4 is 10.6 Å². The van der Waals surface area contributed by atoms with Crippen LogP contribution in [0.25, 0.3) is 5.69 Å². The lowest BCUT2D eigenvalue weighted by Gasteiger charge is -2.23. The van der Waals surface area contributed by atoms with Crippen molar-refractivity contribution < 1.29 is 4.79 Å². The Balaban J connectivity index is 0.00000225. The summed E-state index contributed by atoms with van der Waals surface area (Å²) in [6.07, 6.45) is 3.58. The molecule has 2 aromatic heterocycles. The van der Waals surface area contributed by atoms with Crippen molar-refractivity contribution in [1.29, 1.82) is 0 Å². The molecule has 1 aromatic carbocycles. The molecule has 0 saturated carbocycles. The Hall–Kier alpha value is -2.42. The van der Waals surface area contributed by atoms with Crippen molar-refractivity contribution in [2.75, 3.05) is 18.4 Å². The van der Waals surface area contributed by atoms with Crippen LogP contribution in [0.3, 0.4) is 0 Å². The number of carbonyl (C=O) groups is 1. The van der Waals surface area contributed by atoms with E-state index in [4.69, 9.17) is 11.6 Å². The molecule has 3 aromatic rings. The highest BCUT2D eigenvalue weighted by molar-refractivity contribution is 6.30. The number of nitrogens with one attached hydrogen (secondary N) is 2. The summed E-state index contributed by atoms with van der Waals surface area (Å²) >= 11 is 6.06. The molecule has 4 rings (SSSR count). The molecule has 1 aliphatic heterocycles. The third-order valence-corrected chi connectivity index (χ3v) is 4.97. The van der Waals surface area contributed by atoms with E-state index in [1.165, 1.54) is 0 Å². The quantitative estimate of drug-likeness (QED) is 0.675. The normalized spacial score (nSPS) is 14.5. The van der Waals surface area contributed by atoms with Gasteiger partial charge in [0.1, 0.15) is 5.82 Å². The fourth-order valence-electron chi connectivity index (χ4n) is 3.34. The maximum atomic E-state index is 12.8. The summed E-state index contributed by atoms with van der Waals surface area (Å²) in [6, 6.07) is 9.27. The van der Waals surface area contributed by atoms with Crippen LogP contribution in [0.5, 0.6) is 0 Å². The van der Waals surface area contributed by atoms with Crippen molar-refractivity contribution >= 4 is 35.7 Å². The standard InChI is InChI=1S/C18H20ClN7O.ClH/c1-12-17(23-24-25(12)14-5-8-20-9-6-14)18(27)22-16-7-10-21-26(16)15-4-2-3-13(19)11-15;/h2-4,7,10-11,14,20H,5-6,8-9H2,1H3,(H,22,27);1H. The average Bonchev–Trinajstić information content (AvgIpc) is 3.29. The summed E-state index contributed by atoms with van der Waals surface area (Å²) in [5.74, 6) is 0.231. The van der Waals surface area contributed by atoms with Gasteiger partial charge >= 0.3 is 0 Å². The molecule has 0 unspecified atom stereocenters. The maximum Gasteiger partial charge on any atom is 0.279 e. The van der Waals surface area contributed by atoms with Crippen LogP contribution in [-0.4, -0.2) is 43.8 Å². The highest BCUT2D eigenvalue weighted by atomic mass is 35.5. The first-order valence-electron chi connectivity index (χ1n) is 8.87. The van der Waals surface area contributed by atoms with Gasteiger partial charge in [0.05, 0.1) is 23.6 Å².